The molecule has 0 radical (unpaired) electrons. The Morgan fingerprint density at radius 3 is 2.68 bits per heavy atom. The van der Waals surface area contributed by atoms with Crippen molar-refractivity contribution in [2.45, 2.75) is 18.8 Å². The van der Waals surface area contributed by atoms with Gasteiger partial charge >= 0.3 is 12.1 Å². The molecule has 1 heterocycles. The Balaban J connectivity index is 1.79. The number of hydrogen-bond acceptors (Lipinski definition) is 7. The number of esters is 1. The number of benzene rings is 1. The lowest BCUT2D eigenvalue weighted by Gasteiger charge is -2.24. The molecule has 9 nitrogen and oxygen atoms in total. The fourth-order valence-corrected chi connectivity index (χ4v) is 2.33. The van der Waals surface area contributed by atoms with Gasteiger partial charge in [0.25, 0.3) is 0 Å². The van der Waals surface area contributed by atoms with Crippen molar-refractivity contribution in [1.29, 1.82) is 0 Å². The number of nitrogens with two attached hydrogens (primary N) is 1. The molecule has 1 saturated heterocycles. The van der Waals surface area contributed by atoms with Crippen LogP contribution in [0.4, 0.5) is 4.79 Å². The highest BCUT2D eigenvalue weighted by Crippen LogP contribution is 2.06. The van der Waals surface area contributed by atoms with Gasteiger partial charge in [-0.25, -0.2) is 4.79 Å². The van der Waals surface area contributed by atoms with Gasteiger partial charge in [0.1, 0.15) is 19.3 Å². The zero-order chi connectivity index (χ0) is 18.2. The molecule has 0 aliphatic carbocycles. The molecule has 9 heteroatoms. The number of nitrogens with zero attached hydrogens (tertiary/aromatic N) is 1. The second kappa shape index (κ2) is 9.00. The SMILES string of the molecule is NC(=O)[C@@H](NCC(=O)OCc1ccccc1)[C@@H](O)CN1CCOC1=O. The standard InChI is InChI=1S/C16H21N3O6/c17-15(22)14(12(20)9-19-6-7-24-16(19)23)18-8-13(21)25-10-11-4-2-1-3-5-11/h1-5,12,14,18,20H,6-10H2,(H2,17,22)/t12-,14-/m0/s1. The minimum atomic E-state index is -1.27. The third-order valence-electron chi connectivity index (χ3n) is 3.65. The van der Waals surface area contributed by atoms with Crippen LogP contribution >= 0.6 is 0 Å². The molecule has 1 aromatic rings. The number of primary amides is 1. The predicted octanol–water partition coefficient (Wildman–Crippen LogP) is -1.01. The predicted molar refractivity (Wildman–Crippen MR) is 86.2 cm³/mol. The van der Waals surface area contributed by atoms with Crippen molar-refractivity contribution >= 4 is 18.0 Å². The van der Waals surface area contributed by atoms with Gasteiger partial charge in [0.2, 0.25) is 5.91 Å². The van der Waals surface area contributed by atoms with Crippen LogP contribution < -0.4 is 11.1 Å². The average Bonchev–Trinajstić information content (AvgIpc) is 2.98. The molecule has 136 valence electrons. The van der Waals surface area contributed by atoms with Gasteiger partial charge in [0.15, 0.2) is 0 Å². The summed E-state index contributed by atoms with van der Waals surface area (Å²) in [7, 11) is 0. The second-order valence-electron chi connectivity index (χ2n) is 5.53. The topological polar surface area (TPSA) is 131 Å². The van der Waals surface area contributed by atoms with Gasteiger partial charge in [-0.1, -0.05) is 30.3 Å². The normalized spacial score (nSPS) is 16.2. The van der Waals surface area contributed by atoms with Crippen LogP contribution in [-0.4, -0.2) is 66.4 Å². The molecular formula is C16H21N3O6. The zero-order valence-electron chi connectivity index (χ0n) is 13.6. The quantitative estimate of drug-likeness (QED) is 0.486. The molecule has 1 aromatic carbocycles. The lowest BCUT2D eigenvalue weighted by atomic mass is 10.1. The van der Waals surface area contributed by atoms with E-state index in [1.807, 2.05) is 30.3 Å². The molecule has 2 rings (SSSR count). The van der Waals surface area contributed by atoms with E-state index in [0.717, 1.165) is 5.56 Å². The van der Waals surface area contributed by atoms with E-state index in [9.17, 15) is 19.5 Å². The maximum absolute atomic E-state index is 11.8. The summed E-state index contributed by atoms with van der Waals surface area (Å²) >= 11 is 0. The number of nitrogens with one attached hydrogen (secondary N) is 1. The van der Waals surface area contributed by atoms with E-state index in [0.29, 0.717) is 6.54 Å². The number of ether oxygens (including phenoxy) is 2. The highest BCUT2D eigenvalue weighted by Gasteiger charge is 2.31. The third-order valence-corrected chi connectivity index (χ3v) is 3.65. The van der Waals surface area contributed by atoms with E-state index < -0.39 is 30.1 Å². The Hall–Kier alpha value is -2.65. The van der Waals surface area contributed by atoms with Gasteiger partial charge in [-0.15, -0.1) is 0 Å². The number of hydrogen-bond donors (Lipinski definition) is 3. The second-order valence-corrected chi connectivity index (χ2v) is 5.53. The van der Waals surface area contributed by atoms with Gasteiger partial charge < -0.3 is 25.2 Å². The Bertz CT molecular complexity index is 609. The summed E-state index contributed by atoms with van der Waals surface area (Å²) in [5.74, 6) is -1.43. The van der Waals surface area contributed by atoms with E-state index in [1.54, 1.807) is 0 Å². The van der Waals surface area contributed by atoms with Crippen molar-refractivity contribution in [3.63, 3.8) is 0 Å². The lowest BCUT2D eigenvalue weighted by Crippen LogP contribution is -2.54. The molecule has 0 spiro atoms. The summed E-state index contributed by atoms with van der Waals surface area (Å²) < 4.78 is 9.81. The van der Waals surface area contributed by atoms with Gasteiger partial charge in [-0.2, -0.15) is 0 Å². The van der Waals surface area contributed by atoms with Crippen molar-refractivity contribution in [2.75, 3.05) is 26.2 Å². The average molecular weight is 351 g/mol. The maximum Gasteiger partial charge on any atom is 0.410 e. The fraction of sp³-hybridized carbons (Fsp3) is 0.438. The molecule has 0 aromatic heterocycles. The van der Waals surface area contributed by atoms with E-state index in [-0.39, 0.29) is 26.3 Å². The summed E-state index contributed by atoms with van der Waals surface area (Å²) in [4.78, 5) is 35.9. The molecule has 0 saturated carbocycles. The monoisotopic (exact) mass is 351 g/mol. The van der Waals surface area contributed by atoms with Gasteiger partial charge in [0.05, 0.1) is 25.7 Å². The number of carbonyl (C=O) groups excluding carboxylic acids is 3. The van der Waals surface area contributed by atoms with Crippen molar-refractivity contribution in [3.8, 4) is 0 Å². The van der Waals surface area contributed by atoms with Crippen molar-refractivity contribution in [3.05, 3.63) is 35.9 Å². The smallest absolute Gasteiger partial charge is 0.410 e. The summed E-state index contributed by atoms with van der Waals surface area (Å²) in [6.07, 6.45) is -1.84. The van der Waals surface area contributed by atoms with E-state index in [2.05, 4.69) is 5.32 Å². The molecule has 0 unspecified atom stereocenters. The lowest BCUT2D eigenvalue weighted by molar-refractivity contribution is -0.144. The zero-order valence-corrected chi connectivity index (χ0v) is 13.6. The largest absolute Gasteiger partial charge is 0.460 e. The number of aliphatic hydroxyl groups excluding tert-OH is 1. The summed E-state index contributed by atoms with van der Waals surface area (Å²) in [5.41, 5.74) is 6.08. The first kappa shape index (κ1) is 18.7. The summed E-state index contributed by atoms with van der Waals surface area (Å²) in [6, 6.07) is 7.92. The van der Waals surface area contributed by atoms with Crippen LogP contribution in [0.1, 0.15) is 5.56 Å². The molecule has 0 bridgehead atoms. The minimum Gasteiger partial charge on any atom is -0.460 e. The third kappa shape index (κ3) is 5.73. The Kier molecular flexibility index (Phi) is 6.72. The number of cyclic esters (lactones) is 1. The first-order valence-corrected chi connectivity index (χ1v) is 7.79. The van der Waals surface area contributed by atoms with E-state index >= 15 is 0 Å². The van der Waals surface area contributed by atoms with Crippen LogP contribution in [0.5, 0.6) is 0 Å². The number of aliphatic hydroxyl groups is 1. The maximum atomic E-state index is 11.8. The summed E-state index contributed by atoms with van der Waals surface area (Å²) in [5, 5.41) is 12.7. The van der Waals surface area contributed by atoms with Gasteiger partial charge in [0, 0.05) is 0 Å². The Morgan fingerprint density at radius 2 is 2.08 bits per heavy atom. The Morgan fingerprint density at radius 1 is 1.36 bits per heavy atom. The molecule has 1 aliphatic rings. The first-order chi connectivity index (χ1) is 12.0. The molecular weight excluding hydrogens is 330 g/mol. The van der Waals surface area contributed by atoms with Crippen molar-refractivity contribution < 1.29 is 29.0 Å². The molecule has 2 atom stereocenters. The highest BCUT2D eigenvalue weighted by molar-refractivity contribution is 5.82. The van der Waals surface area contributed by atoms with Gasteiger partial charge in [-0.05, 0) is 5.56 Å². The van der Waals surface area contributed by atoms with Crippen LogP contribution in [0.15, 0.2) is 30.3 Å². The Labute approximate surface area is 144 Å². The first-order valence-electron chi connectivity index (χ1n) is 7.79. The molecule has 4 N–H and O–H groups in total. The molecule has 2 amide bonds. The van der Waals surface area contributed by atoms with Crippen LogP contribution in [0.25, 0.3) is 0 Å². The number of amides is 2. The number of β-amino-alcohol motifs (C(OH)–C–C–N with tert-alkyl or cyclic N) is 1. The molecule has 1 fully saturated rings. The van der Waals surface area contributed by atoms with Crippen LogP contribution in [0, 0.1) is 0 Å². The fourth-order valence-electron chi connectivity index (χ4n) is 2.33. The number of rotatable bonds is 9. The van der Waals surface area contributed by atoms with Crippen LogP contribution in [-0.2, 0) is 25.7 Å². The van der Waals surface area contributed by atoms with E-state index in [1.165, 1.54) is 4.90 Å². The van der Waals surface area contributed by atoms with Crippen LogP contribution in [0.3, 0.4) is 0 Å². The van der Waals surface area contributed by atoms with Gasteiger partial charge in [-0.3, -0.25) is 14.9 Å². The highest BCUT2D eigenvalue weighted by atomic mass is 16.6. The minimum absolute atomic E-state index is 0.102. The van der Waals surface area contributed by atoms with Crippen molar-refractivity contribution in [1.82, 2.24) is 10.2 Å². The van der Waals surface area contributed by atoms with Crippen LogP contribution in [0.2, 0.25) is 0 Å². The molecule has 25 heavy (non-hydrogen) atoms. The summed E-state index contributed by atoms with van der Waals surface area (Å²) in [6.45, 7) is 0.220. The number of carbonyl (C=O) groups is 3. The van der Waals surface area contributed by atoms with Crippen molar-refractivity contribution in [2.24, 2.45) is 5.73 Å². The molecule has 1 aliphatic heterocycles. The van der Waals surface area contributed by atoms with E-state index in [4.69, 9.17) is 15.2 Å².